The van der Waals surface area contributed by atoms with Crippen LogP contribution >= 0.6 is 0 Å². The van der Waals surface area contributed by atoms with Gasteiger partial charge < -0.3 is 4.90 Å². The van der Waals surface area contributed by atoms with Crippen molar-refractivity contribution in [3.05, 3.63) is 11.3 Å². The highest BCUT2D eigenvalue weighted by Crippen LogP contribution is 2.36. The van der Waals surface area contributed by atoms with Crippen LogP contribution in [0.5, 0.6) is 0 Å². The maximum atomic E-state index is 9.27. The summed E-state index contributed by atoms with van der Waals surface area (Å²) in [6.45, 7) is 10.8. The molecule has 0 radical (unpaired) electrons. The predicted octanol–water partition coefficient (Wildman–Crippen LogP) is 2.47. The van der Waals surface area contributed by atoms with E-state index in [0.717, 1.165) is 30.2 Å². The number of aryl methyl sites for hydroxylation is 2. The topological polar surface area (TPSA) is 44.9 Å². The molecule has 4 nitrogen and oxygen atoms in total. The number of aromatic nitrogens is 2. The zero-order chi connectivity index (χ0) is 13.5. The van der Waals surface area contributed by atoms with Crippen LogP contribution in [0.15, 0.2) is 0 Å². The molecule has 0 spiro atoms. The second-order valence-corrected chi connectivity index (χ2v) is 6.32. The fraction of sp³-hybridized carbons (Fsp3) is 0.714. The molecule has 0 bridgehead atoms. The van der Waals surface area contributed by atoms with Crippen molar-refractivity contribution in [3.8, 4) is 6.07 Å². The first-order valence-electron chi connectivity index (χ1n) is 6.53. The Morgan fingerprint density at radius 2 is 2.06 bits per heavy atom. The van der Waals surface area contributed by atoms with Crippen molar-refractivity contribution >= 4 is 5.82 Å². The van der Waals surface area contributed by atoms with Crippen molar-refractivity contribution in [2.24, 2.45) is 18.4 Å². The summed E-state index contributed by atoms with van der Waals surface area (Å²) in [5.74, 6) is 1.67. The fourth-order valence-electron chi connectivity index (χ4n) is 2.80. The summed E-state index contributed by atoms with van der Waals surface area (Å²) in [6.07, 6.45) is 1.19. The quantitative estimate of drug-likeness (QED) is 0.764. The van der Waals surface area contributed by atoms with Crippen LogP contribution in [0.25, 0.3) is 0 Å². The van der Waals surface area contributed by atoms with Gasteiger partial charge in [0.1, 0.15) is 17.5 Å². The molecule has 18 heavy (non-hydrogen) atoms. The molecule has 0 N–H and O–H groups in total. The van der Waals surface area contributed by atoms with Gasteiger partial charge in [0.15, 0.2) is 0 Å². The molecule has 1 aliphatic rings. The standard InChI is InChI=1S/C14H22N4/c1-10-12(8-15)13(17(5)16-10)18-7-6-11(9-18)14(2,3)4/h11H,6-7,9H2,1-5H3. The molecule has 2 heterocycles. The van der Waals surface area contributed by atoms with Crippen LogP contribution in [0, 0.1) is 29.6 Å². The summed E-state index contributed by atoms with van der Waals surface area (Å²) >= 11 is 0. The molecule has 1 aromatic heterocycles. The monoisotopic (exact) mass is 246 g/mol. The van der Waals surface area contributed by atoms with E-state index in [2.05, 4.69) is 36.8 Å². The summed E-state index contributed by atoms with van der Waals surface area (Å²) in [4.78, 5) is 2.31. The number of rotatable bonds is 1. The lowest BCUT2D eigenvalue weighted by Crippen LogP contribution is -2.27. The third kappa shape index (κ3) is 2.10. The maximum Gasteiger partial charge on any atom is 0.144 e. The van der Waals surface area contributed by atoms with Gasteiger partial charge in [-0.2, -0.15) is 10.4 Å². The number of nitriles is 1. The molecule has 1 aromatic rings. The summed E-state index contributed by atoms with van der Waals surface area (Å²) in [5, 5.41) is 13.6. The Morgan fingerprint density at radius 3 is 2.56 bits per heavy atom. The van der Waals surface area contributed by atoms with E-state index in [1.807, 2.05) is 18.7 Å². The Hall–Kier alpha value is -1.50. The van der Waals surface area contributed by atoms with E-state index in [-0.39, 0.29) is 0 Å². The fourth-order valence-corrected chi connectivity index (χ4v) is 2.80. The van der Waals surface area contributed by atoms with Crippen LogP contribution in [-0.4, -0.2) is 22.9 Å². The average molecular weight is 246 g/mol. The molecule has 98 valence electrons. The second-order valence-electron chi connectivity index (χ2n) is 6.32. The van der Waals surface area contributed by atoms with E-state index in [1.165, 1.54) is 6.42 Å². The van der Waals surface area contributed by atoms with Gasteiger partial charge >= 0.3 is 0 Å². The highest BCUT2D eigenvalue weighted by atomic mass is 15.4. The van der Waals surface area contributed by atoms with E-state index < -0.39 is 0 Å². The summed E-state index contributed by atoms with van der Waals surface area (Å²) < 4.78 is 1.85. The first-order chi connectivity index (χ1) is 8.34. The molecule has 2 rings (SSSR count). The van der Waals surface area contributed by atoms with Gasteiger partial charge in [-0.1, -0.05) is 20.8 Å². The molecule has 1 atom stereocenters. The SMILES string of the molecule is Cc1nn(C)c(N2CCC(C(C)(C)C)C2)c1C#N. The van der Waals surface area contributed by atoms with Crippen molar-refractivity contribution in [2.75, 3.05) is 18.0 Å². The zero-order valence-corrected chi connectivity index (χ0v) is 12.0. The molecular formula is C14H22N4. The summed E-state index contributed by atoms with van der Waals surface area (Å²) in [7, 11) is 1.92. The Labute approximate surface area is 109 Å². The molecule has 1 unspecified atom stereocenters. The molecule has 0 amide bonds. The lowest BCUT2D eigenvalue weighted by Gasteiger charge is -2.27. The highest BCUT2D eigenvalue weighted by Gasteiger charge is 2.34. The maximum absolute atomic E-state index is 9.27. The van der Waals surface area contributed by atoms with Crippen molar-refractivity contribution in [3.63, 3.8) is 0 Å². The van der Waals surface area contributed by atoms with E-state index in [0.29, 0.717) is 11.3 Å². The molecule has 1 fully saturated rings. The van der Waals surface area contributed by atoms with Gasteiger partial charge in [-0.3, -0.25) is 4.68 Å². The van der Waals surface area contributed by atoms with Gasteiger partial charge in [-0.25, -0.2) is 0 Å². The van der Waals surface area contributed by atoms with Gasteiger partial charge in [-0.05, 0) is 24.7 Å². The lowest BCUT2D eigenvalue weighted by molar-refractivity contribution is 0.263. The molecule has 4 heteroatoms. The van der Waals surface area contributed by atoms with Crippen LogP contribution in [0.4, 0.5) is 5.82 Å². The second kappa shape index (κ2) is 4.31. The highest BCUT2D eigenvalue weighted by molar-refractivity contribution is 5.57. The average Bonchev–Trinajstić information content (AvgIpc) is 2.81. The zero-order valence-electron chi connectivity index (χ0n) is 12.0. The van der Waals surface area contributed by atoms with Crippen LogP contribution in [-0.2, 0) is 7.05 Å². The van der Waals surface area contributed by atoms with Gasteiger partial charge in [-0.15, -0.1) is 0 Å². The number of anilines is 1. The third-order valence-electron chi connectivity index (χ3n) is 4.02. The van der Waals surface area contributed by atoms with E-state index in [4.69, 9.17) is 0 Å². The molecule has 1 aliphatic heterocycles. The van der Waals surface area contributed by atoms with Crippen LogP contribution < -0.4 is 4.90 Å². The molecule has 0 saturated carbocycles. The summed E-state index contributed by atoms with van der Waals surface area (Å²) in [5.41, 5.74) is 1.89. The van der Waals surface area contributed by atoms with Gasteiger partial charge in [0.25, 0.3) is 0 Å². The van der Waals surface area contributed by atoms with Gasteiger partial charge in [0.05, 0.1) is 5.69 Å². The van der Waals surface area contributed by atoms with Crippen LogP contribution in [0.1, 0.15) is 38.4 Å². The molecule has 0 aromatic carbocycles. The minimum Gasteiger partial charge on any atom is -0.355 e. The largest absolute Gasteiger partial charge is 0.355 e. The number of hydrogen-bond donors (Lipinski definition) is 0. The normalized spacial score (nSPS) is 20.2. The Morgan fingerprint density at radius 1 is 1.39 bits per heavy atom. The Bertz CT molecular complexity index is 487. The molecular weight excluding hydrogens is 224 g/mol. The van der Waals surface area contributed by atoms with E-state index in [9.17, 15) is 5.26 Å². The minimum absolute atomic E-state index is 0.329. The first-order valence-corrected chi connectivity index (χ1v) is 6.53. The number of nitrogens with zero attached hydrogens (tertiary/aromatic N) is 4. The summed E-state index contributed by atoms with van der Waals surface area (Å²) in [6, 6.07) is 2.29. The van der Waals surface area contributed by atoms with Crippen molar-refractivity contribution in [1.82, 2.24) is 9.78 Å². The van der Waals surface area contributed by atoms with Crippen molar-refractivity contribution < 1.29 is 0 Å². The van der Waals surface area contributed by atoms with Crippen molar-refractivity contribution in [2.45, 2.75) is 34.1 Å². The van der Waals surface area contributed by atoms with Crippen LogP contribution in [0.3, 0.4) is 0 Å². The predicted molar refractivity (Wildman–Crippen MR) is 72.4 cm³/mol. The van der Waals surface area contributed by atoms with Gasteiger partial charge in [0, 0.05) is 20.1 Å². The molecule has 1 saturated heterocycles. The van der Waals surface area contributed by atoms with E-state index >= 15 is 0 Å². The Balaban J connectivity index is 2.28. The lowest BCUT2D eigenvalue weighted by atomic mass is 9.80. The smallest absolute Gasteiger partial charge is 0.144 e. The van der Waals surface area contributed by atoms with Crippen molar-refractivity contribution in [1.29, 1.82) is 5.26 Å². The third-order valence-corrected chi connectivity index (χ3v) is 4.02. The minimum atomic E-state index is 0.329. The van der Waals surface area contributed by atoms with E-state index in [1.54, 1.807) is 0 Å². The van der Waals surface area contributed by atoms with Crippen LogP contribution in [0.2, 0.25) is 0 Å². The number of hydrogen-bond acceptors (Lipinski definition) is 3. The van der Waals surface area contributed by atoms with Gasteiger partial charge in [0.2, 0.25) is 0 Å². The Kier molecular flexibility index (Phi) is 3.10. The molecule has 0 aliphatic carbocycles. The first kappa shape index (κ1) is 12.9.